The van der Waals surface area contributed by atoms with E-state index in [9.17, 15) is 24.9 Å². The van der Waals surface area contributed by atoms with Gasteiger partial charge in [-0.25, -0.2) is 4.79 Å². The van der Waals surface area contributed by atoms with E-state index >= 15 is 0 Å². The largest absolute Gasteiger partial charge is 0.475 e. The van der Waals surface area contributed by atoms with E-state index in [0.717, 1.165) is 24.8 Å². The quantitative estimate of drug-likeness (QED) is 0.420. The lowest BCUT2D eigenvalue weighted by molar-refractivity contribution is -0.134. The Morgan fingerprint density at radius 3 is 2.58 bits per heavy atom. The number of rotatable bonds is 10. The van der Waals surface area contributed by atoms with Gasteiger partial charge in [-0.05, 0) is 43.6 Å². The maximum Gasteiger partial charge on any atom is 0.475 e. The topological polar surface area (TPSA) is 126 Å². The average molecular weight is 428 g/mol. The van der Waals surface area contributed by atoms with Crippen LogP contribution < -0.4 is 10.6 Å². The summed E-state index contributed by atoms with van der Waals surface area (Å²) in [5.74, 6) is -1.26. The molecule has 3 amide bonds. The number of hydrogen-bond donors (Lipinski definition) is 4. The first-order valence-corrected chi connectivity index (χ1v) is 11.0. The molecule has 1 heterocycles. The van der Waals surface area contributed by atoms with Gasteiger partial charge < -0.3 is 25.6 Å². The van der Waals surface area contributed by atoms with Crippen LogP contribution in [-0.2, 0) is 11.2 Å². The zero-order chi connectivity index (χ0) is 22.8. The SMILES string of the molecule is CC(C)CCC(C#N)C(=O)N1CCC[C@H]1CNC(=O)N[C@@H](Cc1ccccc1)B(O)O. The summed E-state index contributed by atoms with van der Waals surface area (Å²) in [6.07, 6.45) is 3.22. The highest BCUT2D eigenvalue weighted by Gasteiger charge is 2.33. The molecule has 1 aromatic carbocycles. The van der Waals surface area contributed by atoms with Crippen LogP contribution in [0.4, 0.5) is 4.79 Å². The lowest BCUT2D eigenvalue weighted by atomic mass is 9.76. The number of nitrogens with one attached hydrogen (secondary N) is 2. The van der Waals surface area contributed by atoms with Crippen molar-refractivity contribution in [2.24, 2.45) is 11.8 Å². The van der Waals surface area contributed by atoms with E-state index in [1.54, 1.807) is 4.90 Å². The lowest BCUT2D eigenvalue weighted by Crippen LogP contribution is -2.53. The van der Waals surface area contributed by atoms with Crippen molar-refractivity contribution < 1.29 is 19.6 Å². The number of urea groups is 1. The Labute approximate surface area is 184 Å². The molecule has 9 heteroatoms. The summed E-state index contributed by atoms with van der Waals surface area (Å²) in [7, 11) is -1.70. The van der Waals surface area contributed by atoms with Gasteiger partial charge in [0.25, 0.3) is 0 Å². The smallest absolute Gasteiger partial charge is 0.426 e. The average Bonchev–Trinajstić information content (AvgIpc) is 3.21. The third-order valence-corrected chi connectivity index (χ3v) is 5.62. The Hall–Kier alpha value is -2.57. The number of hydrogen-bond acceptors (Lipinski definition) is 5. The molecule has 31 heavy (non-hydrogen) atoms. The van der Waals surface area contributed by atoms with Crippen LogP contribution in [0.25, 0.3) is 0 Å². The fraction of sp³-hybridized carbons (Fsp3) is 0.591. The molecular weight excluding hydrogens is 395 g/mol. The number of likely N-dealkylation sites (tertiary alicyclic amines) is 1. The fourth-order valence-corrected chi connectivity index (χ4v) is 3.81. The van der Waals surface area contributed by atoms with Crippen LogP contribution in [0.5, 0.6) is 0 Å². The summed E-state index contributed by atoms with van der Waals surface area (Å²) in [6.45, 7) is 4.96. The van der Waals surface area contributed by atoms with E-state index in [2.05, 4.69) is 30.6 Å². The summed E-state index contributed by atoms with van der Waals surface area (Å²) in [5.41, 5.74) is 0.873. The molecule has 1 aromatic rings. The van der Waals surface area contributed by atoms with Gasteiger partial charge in [0.15, 0.2) is 0 Å². The summed E-state index contributed by atoms with van der Waals surface area (Å²) in [5, 5.41) is 34.0. The first kappa shape index (κ1) is 24.7. The Bertz CT molecular complexity index is 754. The Kier molecular flexibility index (Phi) is 9.82. The minimum atomic E-state index is -1.70. The van der Waals surface area contributed by atoms with Crippen LogP contribution in [0, 0.1) is 23.2 Å². The van der Waals surface area contributed by atoms with Gasteiger partial charge in [-0.15, -0.1) is 0 Å². The van der Waals surface area contributed by atoms with E-state index < -0.39 is 25.0 Å². The van der Waals surface area contributed by atoms with Crippen LogP contribution >= 0.6 is 0 Å². The molecule has 1 fully saturated rings. The van der Waals surface area contributed by atoms with E-state index in [0.29, 0.717) is 18.9 Å². The molecule has 1 unspecified atom stereocenters. The Morgan fingerprint density at radius 1 is 1.26 bits per heavy atom. The predicted molar refractivity (Wildman–Crippen MR) is 119 cm³/mol. The zero-order valence-corrected chi connectivity index (χ0v) is 18.3. The second-order valence-electron chi connectivity index (χ2n) is 8.54. The normalized spacial score (nSPS) is 17.7. The number of nitrogens with zero attached hydrogens (tertiary/aromatic N) is 2. The van der Waals surface area contributed by atoms with Crippen LogP contribution in [0.1, 0.15) is 45.1 Å². The molecule has 2 rings (SSSR count). The van der Waals surface area contributed by atoms with Gasteiger partial charge >= 0.3 is 13.1 Å². The number of nitriles is 1. The van der Waals surface area contributed by atoms with Gasteiger partial charge in [0.05, 0.1) is 12.0 Å². The third kappa shape index (κ3) is 7.89. The predicted octanol–water partition coefficient (Wildman–Crippen LogP) is 1.48. The van der Waals surface area contributed by atoms with Crippen molar-refractivity contribution in [1.82, 2.24) is 15.5 Å². The monoisotopic (exact) mass is 428 g/mol. The van der Waals surface area contributed by atoms with E-state index in [1.807, 2.05) is 30.3 Å². The maximum absolute atomic E-state index is 12.8. The lowest BCUT2D eigenvalue weighted by Gasteiger charge is -2.27. The van der Waals surface area contributed by atoms with E-state index in [1.165, 1.54) is 0 Å². The second-order valence-corrected chi connectivity index (χ2v) is 8.54. The van der Waals surface area contributed by atoms with Gasteiger partial charge in [-0.1, -0.05) is 44.2 Å². The number of benzene rings is 1. The summed E-state index contributed by atoms with van der Waals surface area (Å²) >= 11 is 0. The second kappa shape index (κ2) is 12.3. The Balaban J connectivity index is 1.87. The molecular formula is C22H33BN4O4. The van der Waals surface area contributed by atoms with Crippen molar-refractivity contribution in [1.29, 1.82) is 5.26 Å². The van der Waals surface area contributed by atoms with Crippen molar-refractivity contribution >= 4 is 19.1 Å². The highest BCUT2D eigenvalue weighted by Crippen LogP contribution is 2.22. The Morgan fingerprint density at radius 2 is 1.97 bits per heavy atom. The van der Waals surface area contributed by atoms with Crippen molar-refractivity contribution in [2.75, 3.05) is 13.1 Å². The molecule has 0 aliphatic carbocycles. The number of amides is 3. The van der Waals surface area contributed by atoms with Crippen LogP contribution in [-0.4, -0.2) is 59.1 Å². The maximum atomic E-state index is 12.8. The fourth-order valence-electron chi connectivity index (χ4n) is 3.81. The van der Waals surface area contributed by atoms with E-state index in [4.69, 9.17) is 0 Å². The molecule has 8 nitrogen and oxygen atoms in total. The molecule has 168 valence electrons. The van der Waals surface area contributed by atoms with Crippen molar-refractivity contribution in [3.8, 4) is 6.07 Å². The molecule has 0 aromatic heterocycles. The number of carbonyl (C=O) groups is 2. The van der Waals surface area contributed by atoms with Crippen LogP contribution in [0.3, 0.4) is 0 Å². The standard InChI is InChI=1S/C22H33BN4O4/c1-16(2)10-11-18(14-24)21(28)27-12-6-9-19(27)15-25-22(29)26-20(23(30)31)13-17-7-4-3-5-8-17/h3-5,7-8,16,18-20,30-31H,6,9-13,15H2,1-2H3,(H2,25,26,29)/t18?,19-,20-/m0/s1. The van der Waals surface area contributed by atoms with Crippen LogP contribution in [0.2, 0.25) is 0 Å². The van der Waals surface area contributed by atoms with Gasteiger partial charge in [-0.3, -0.25) is 4.79 Å². The molecule has 1 aliphatic rings. The molecule has 0 radical (unpaired) electrons. The van der Waals surface area contributed by atoms with Gasteiger partial charge in [0, 0.05) is 19.1 Å². The molecule has 1 aliphatic heterocycles. The highest BCUT2D eigenvalue weighted by molar-refractivity contribution is 6.43. The summed E-state index contributed by atoms with van der Waals surface area (Å²) in [4.78, 5) is 26.9. The number of carbonyl (C=O) groups excluding carboxylic acids is 2. The van der Waals surface area contributed by atoms with Crippen molar-refractivity contribution in [3.63, 3.8) is 0 Å². The highest BCUT2D eigenvalue weighted by atomic mass is 16.4. The van der Waals surface area contributed by atoms with Crippen molar-refractivity contribution in [3.05, 3.63) is 35.9 Å². The molecule has 0 bridgehead atoms. The van der Waals surface area contributed by atoms with Gasteiger partial charge in [0.2, 0.25) is 5.91 Å². The first-order chi connectivity index (χ1) is 14.8. The molecule has 3 atom stereocenters. The van der Waals surface area contributed by atoms with E-state index in [-0.39, 0.29) is 24.9 Å². The van der Waals surface area contributed by atoms with Crippen molar-refractivity contribution in [2.45, 2.75) is 57.9 Å². The van der Waals surface area contributed by atoms with Gasteiger partial charge in [-0.2, -0.15) is 5.26 Å². The molecule has 0 saturated carbocycles. The third-order valence-electron chi connectivity index (χ3n) is 5.62. The first-order valence-electron chi connectivity index (χ1n) is 11.0. The summed E-state index contributed by atoms with van der Waals surface area (Å²) in [6, 6.07) is 10.7. The van der Waals surface area contributed by atoms with Gasteiger partial charge in [0.1, 0.15) is 5.92 Å². The minimum absolute atomic E-state index is 0.166. The molecule has 1 saturated heterocycles. The van der Waals surface area contributed by atoms with Crippen LogP contribution in [0.15, 0.2) is 30.3 Å². The summed E-state index contributed by atoms with van der Waals surface area (Å²) < 4.78 is 0. The zero-order valence-electron chi connectivity index (χ0n) is 18.3. The minimum Gasteiger partial charge on any atom is -0.426 e. The molecule has 0 spiro atoms. The molecule has 4 N–H and O–H groups in total.